The molecule has 1 fully saturated rings. The third-order valence-corrected chi connectivity index (χ3v) is 4.89. The molecule has 3 heteroatoms. The Morgan fingerprint density at radius 2 is 1.81 bits per heavy atom. The highest BCUT2D eigenvalue weighted by molar-refractivity contribution is 5.76. The fraction of sp³-hybridized carbons (Fsp3) is 0.944. The first-order valence-electron chi connectivity index (χ1n) is 9.02. The maximum absolute atomic E-state index is 12.5. The van der Waals surface area contributed by atoms with E-state index in [4.69, 9.17) is 0 Å². The zero-order chi connectivity index (χ0) is 15.7. The molecule has 0 spiro atoms. The van der Waals surface area contributed by atoms with Crippen LogP contribution in [0.4, 0.5) is 0 Å². The first-order valence-corrected chi connectivity index (χ1v) is 9.02. The van der Waals surface area contributed by atoms with Crippen LogP contribution in [0, 0.1) is 5.92 Å². The predicted octanol–water partition coefficient (Wildman–Crippen LogP) is 3.93. The van der Waals surface area contributed by atoms with Crippen molar-refractivity contribution in [2.24, 2.45) is 5.92 Å². The van der Waals surface area contributed by atoms with Crippen molar-refractivity contribution in [3.8, 4) is 0 Å². The Labute approximate surface area is 132 Å². The molecule has 0 saturated carbocycles. The molecule has 0 aromatic rings. The van der Waals surface area contributed by atoms with Gasteiger partial charge in [-0.15, -0.1) is 0 Å². The lowest BCUT2D eigenvalue weighted by atomic mass is 9.92. The SMILES string of the molecule is CCCCCC(CCCC)CC(=O)N1CC[C@@H](N(C)C)C1. The van der Waals surface area contributed by atoms with Crippen LogP contribution in [0.15, 0.2) is 0 Å². The summed E-state index contributed by atoms with van der Waals surface area (Å²) in [6, 6.07) is 0.558. The lowest BCUT2D eigenvalue weighted by molar-refractivity contribution is -0.131. The van der Waals surface area contributed by atoms with Gasteiger partial charge in [-0.05, 0) is 39.3 Å². The van der Waals surface area contributed by atoms with Crippen LogP contribution in [-0.4, -0.2) is 48.9 Å². The van der Waals surface area contributed by atoms with E-state index in [0.29, 0.717) is 17.9 Å². The molecule has 1 unspecified atom stereocenters. The molecule has 124 valence electrons. The lowest BCUT2D eigenvalue weighted by Gasteiger charge is -2.23. The van der Waals surface area contributed by atoms with Crippen LogP contribution in [0.2, 0.25) is 0 Å². The van der Waals surface area contributed by atoms with Crippen molar-refractivity contribution in [2.75, 3.05) is 27.2 Å². The fourth-order valence-corrected chi connectivity index (χ4v) is 3.29. The van der Waals surface area contributed by atoms with E-state index in [2.05, 4.69) is 37.7 Å². The highest BCUT2D eigenvalue weighted by Crippen LogP contribution is 2.23. The molecule has 21 heavy (non-hydrogen) atoms. The average Bonchev–Trinajstić information content (AvgIpc) is 2.94. The Bertz CT molecular complexity index is 291. The summed E-state index contributed by atoms with van der Waals surface area (Å²) >= 11 is 0. The quantitative estimate of drug-likeness (QED) is 0.570. The van der Waals surface area contributed by atoms with Gasteiger partial charge in [-0.3, -0.25) is 4.79 Å². The van der Waals surface area contributed by atoms with Crippen molar-refractivity contribution in [2.45, 2.75) is 77.7 Å². The Morgan fingerprint density at radius 3 is 2.38 bits per heavy atom. The first kappa shape index (κ1) is 18.5. The number of hydrogen-bond donors (Lipinski definition) is 0. The maximum Gasteiger partial charge on any atom is 0.222 e. The second-order valence-corrected chi connectivity index (χ2v) is 6.95. The van der Waals surface area contributed by atoms with E-state index in [1.807, 2.05) is 0 Å². The lowest BCUT2D eigenvalue weighted by Crippen LogP contribution is -2.35. The van der Waals surface area contributed by atoms with E-state index in [9.17, 15) is 4.79 Å². The number of likely N-dealkylation sites (N-methyl/N-ethyl adjacent to an activating group) is 1. The summed E-state index contributed by atoms with van der Waals surface area (Å²) in [5.41, 5.74) is 0. The summed E-state index contributed by atoms with van der Waals surface area (Å²) in [6.45, 7) is 6.38. The minimum atomic E-state index is 0.400. The summed E-state index contributed by atoms with van der Waals surface area (Å²) in [4.78, 5) is 16.9. The van der Waals surface area contributed by atoms with Crippen molar-refractivity contribution in [3.63, 3.8) is 0 Å². The number of amides is 1. The zero-order valence-electron chi connectivity index (χ0n) is 14.7. The zero-order valence-corrected chi connectivity index (χ0v) is 14.7. The minimum absolute atomic E-state index is 0.400. The molecule has 1 aliphatic heterocycles. The van der Waals surface area contributed by atoms with Crippen LogP contribution in [0.25, 0.3) is 0 Å². The highest BCUT2D eigenvalue weighted by Gasteiger charge is 2.28. The van der Waals surface area contributed by atoms with Crippen LogP contribution >= 0.6 is 0 Å². The van der Waals surface area contributed by atoms with Gasteiger partial charge in [-0.25, -0.2) is 0 Å². The van der Waals surface area contributed by atoms with E-state index >= 15 is 0 Å². The molecule has 0 aromatic carbocycles. The normalized spacial score (nSPS) is 20.2. The van der Waals surface area contributed by atoms with Gasteiger partial charge in [0.05, 0.1) is 0 Å². The van der Waals surface area contributed by atoms with E-state index in [-0.39, 0.29) is 0 Å². The molecule has 1 aliphatic rings. The molecule has 2 atom stereocenters. The van der Waals surface area contributed by atoms with Gasteiger partial charge in [0.15, 0.2) is 0 Å². The number of carbonyl (C=O) groups is 1. The van der Waals surface area contributed by atoms with Crippen molar-refractivity contribution in [1.82, 2.24) is 9.80 Å². The van der Waals surface area contributed by atoms with E-state index in [1.165, 1.54) is 44.9 Å². The molecule has 0 N–H and O–H groups in total. The predicted molar refractivity (Wildman–Crippen MR) is 90.4 cm³/mol. The van der Waals surface area contributed by atoms with Crippen LogP contribution < -0.4 is 0 Å². The first-order chi connectivity index (χ1) is 10.1. The molecule has 1 heterocycles. The van der Waals surface area contributed by atoms with Crippen LogP contribution in [0.3, 0.4) is 0 Å². The number of unbranched alkanes of at least 4 members (excludes halogenated alkanes) is 3. The maximum atomic E-state index is 12.5. The van der Waals surface area contributed by atoms with Gasteiger partial charge in [0.1, 0.15) is 0 Å². The van der Waals surface area contributed by atoms with Gasteiger partial charge in [0, 0.05) is 25.6 Å². The van der Waals surface area contributed by atoms with Gasteiger partial charge >= 0.3 is 0 Å². The second-order valence-electron chi connectivity index (χ2n) is 6.95. The number of carbonyl (C=O) groups excluding carboxylic acids is 1. The standard InChI is InChI=1S/C18H36N2O/c1-5-7-9-11-16(10-8-6-2)14-18(21)20-13-12-17(15-20)19(3)4/h16-17H,5-15H2,1-4H3/t16?,17-/m1/s1. The summed E-state index contributed by atoms with van der Waals surface area (Å²) in [5.74, 6) is 1.01. The number of likely N-dealkylation sites (tertiary alicyclic amines) is 1. The number of rotatable bonds is 10. The largest absolute Gasteiger partial charge is 0.341 e. The van der Waals surface area contributed by atoms with Crippen molar-refractivity contribution >= 4 is 5.91 Å². The third kappa shape index (κ3) is 6.82. The second kappa shape index (κ2) is 10.2. The molecule has 0 bridgehead atoms. The Hall–Kier alpha value is -0.570. The molecule has 0 aromatic heterocycles. The van der Waals surface area contributed by atoms with Crippen LogP contribution in [0.1, 0.15) is 71.6 Å². The Morgan fingerprint density at radius 1 is 1.14 bits per heavy atom. The van der Waals surface area contributed by atoms with Crippen LogP contribution in [-0.2, 0) is 4.79 Å². The Kier molecular flexibility index (Phi) is 8.98. The van der Waals surface area contributed by atoms with Crippen molar-refractivity contribution in [1.29, 1.82) is 0 Å². The van der Waals surface area contributed by atoms with Crippen molar-refractivity contribution in [3.05, 3.63) is 0 Å². The summed E-state index contributed by atoms with van der Waals surface area (Å²) in [5, 5.41) is 0. The summed E-state index contributed by atoms with van der Waals surface area (Å²) in [6.07, 6.45) is 10.8. The van der Waals surface area contributed by atoms with E-state index in [0.717, 1.165) is 25.9 Å². The van der Waals surface area contributed by atoms with E-state index < -0.39 is 0 Å². The van der Waals surface area contributed by atoms with Crippen molar-refractivity contribution < 1.29 is 4.79 Å². The number of nitrogens with zero attached hydrogens (tertiary/aromatic N) is 2. The smallest absolute Gasteiger partial charge is 0.222 e. The summed E-state index contributed by atoms with van der Waals surface area (Å²) < 4.78 is 0. The molecule has 1 amide bonds. The van der Waals surface area contributed by atoms with Gasteiger partial charge < -0.3 is 9.80 Å². The molecule has 0 aliphatic carbocycles. The fourth-order valence-electron chi connectivity index (χ4n) is 3.29. The monoisotopic (exact) mass is 296 g/mol. The molecule has 1 saturated heterocycles. The average molecular weight is 296 g/mol. The summed E-state index contributed by atoms with van der Waals surface area (Å²) in [7, 11) is 4.24. The Balaban J connectivity index is 2.39. The molecule has 3 nitrogen and oxygen atoms in total. The number of hydrogen-bond acceptors (Lipinski definition) is 2. The third-order valence-electron chi connectivity index (χ3n) is 4.89. The molecule has 0 radical (unpaired) electrons. The molecular formula is C18H36N2O. The van der Waals surface area contributed by atoms with Gasteiger partial charge in [0.25, 0.3) is 0 Å². The van der Waals surface area contributed by atoms with Crippen LogP contribution in [0.5, 0.6) is 0 Å². The van der Waals surface area contributed by atoms with Gasteiger partial charge in [0.2, 0.25) is 5.91 Å². The topological polar surface area (TPSA) is 23.6 Å². The molecular weight excluding hydrogens is 260 g/mol. The molecule has 1 rings (SSSR count). The van der Waals surface area contributed by atoms with Gasteiger partial charge in [-0.2, -0.15) is 0 Å². The highest BCUT2D eigenvalue weighted by atomic mass is 16.2. The van der Waals surface area contributed by atoms with E-state index in [1.54, 1.807) is 0 Å². The minimum Gasteiger partial charge on any atom is -0.341 e. The van der Waals surface area contributed by atoms with Gasteiger partial charge in [-0.1, -0.05) is 46.0 Å².